The second-order valence-corrected chi connectivity index (χ2v) is 5.20. The van der Waals surface area contributed by atoms with Gasteiger partial charge >= 0.3 is 5.97 Å². The first-order valence-electron chi connectivity index (χ1n) is 6.53. The predicted molar refractivity (Wildman–Crippen MR) is 73.1 cm³/mol. The molecule has 0 radical (unpaired) electrons. The van der Waals surface area contributed by atoms with E-state index >= 15 is 0 Å². The van der Waals surface area contributed by atoms with E-state index in [2.05, 4.69) is 10.3 Å². The van der Waals surface area contributed by atoms with Gasteiger partial charge < -0.3 is 14.4 Å². The Morgan fingerprint density at radius 3 is 2.95 bits per heavy atom. The minimum Gasteiger partial charge on any atom is -0.461 e. The average molecular weight is 300 g/mol. The number of ether oxygens (including phenoxy) is 2. The molecule has 0 atom stereocenters. The zero-order valence-electron chi connectivity index (χ0n) is 11.3. The lowest BCUT2D eigenvalue weighted by molar-refractivity contribution is -0.899. The standard InChI is InChI=1S/C12H17N3O4S/c1-2-19-11(17)9-8-20-12(13-9)14-10(16)7-15-3-5-18-6-4-15/h8H,2-7H2,1H3,(H,13,14,16)/p+1. The van der Waals surface area contributed by atoms with E-state index in [0.717, 1.165) is 13.1 Å². The molecular weight excluding hydrogens is 282 g/mol. The van der Waals surface area contributed by atoms with Crippen molar-refractivity contribution in [2.24, 2.45) is 0 Å². The summed E-state index contributed by atoms with van der Waals surface area (Å²) >= 11 is 1.22. The van der Waals surface area contributed by atoms with E-state index in [1.165, 1.54) is 16.2 Å². The Labute approximate surface area is 120 Å². The van der Waals surface area contributed by atoms with Crippen LogP contribution in [0, 0.1) is 0 Å². The monoisotopic (exact) mass is 300 g/mol. The quantitative estimate of drug-likeness (QED) is 0.694. The first-order chi connectivity index (χ1) is 9.69. The van der Waals surface area contributed by atoms with Gasteiger partial charge in [0.05, 0.1) is 19.8 Å². The van der Waals surface area contributed by atoms with Crippen LogP contribution in [0.15, 0.2) is 5.38 Å². The molecule has 8 heteroatoms. The first kappa shape index (κ1) is 14.9. The number of anilines is 1. The van der Waals surface area contributed by atoms with Crippen molar-refractivity contribution in [3.63, 3.8) is 0 Å². The molecular formula is C12H18N3O4S+. The van der Waals surface area contributed by atoms with Crippen molar-refractivity contribution in [1.82, 2.24) is 4.98 Å². The van der Waals surface area contributed by atoms with Crippen LogP contribution in [0.1, 0.15) is 17.4 Å². The van der Waals surface area contributed by atoms with E-state index in [-0.39, 0.29) is 11.6 Å². The number of morpholine rings is 1. The average Bonchev–Trinajstić information content (AvgIpc) is 2.88. The van der Waals surface area contributed by atoms with Crippen molar-refractivity contribution in [1.29, 1.82) is 0 Å². The highest BCUT2D eigenvalue weighted by Gasteiger charge is 2.19. The number of hydrogen-bond donors (Lipinski definition) is 2. The smallest absolute Gasteiger partial charge is 0.357 e. The summed E-state index contributed by atoms with van der Waals surface area (Å²) < 4.78 is 10.1. The van der Waals surface area contributed by atoms with Gasteiger partial charge in [0.15, 0.2) is 17.4 Å². The number of carbonyl (C=O) groups excluding carboxylic acids is 2. The number of esters is 1. The topological polar surface area (TPSA) is 82.0 Å². The SMILES string of the molecule is CCOC(=O)c1csc(NC(=O)C[NH+]2CCOCC2)n1. The zero-order valence-corrected chi connectivity index (χ0v) is 12.1. The number of carbonyl (C=O) groups is 2. The number of amides is 1. The van der Waals surface area contributed by atoms with E-state index in [9.17, 15) is 9.59 Å². The molecule has 7 nitrogen and oxygen atoms in total. The highest BCUT2D eigenvalue weighted by atomic mass is 32.1. The summed E-state index contributed by atoms with van der Waals surface area (Å²) in [4.78, 5) is 28.5. The summed E-state index contributed by atoms with van der Waals surface area (Å²) in [6.07, 6.45) is 0. The number of nitrogens with one attached hydrogen (secondary N) is 2. The molecule has 1 saturated heterocycles. The van der Waals surface area contributed by atoms with Crippen LogP contribution in [-0.4, -0.2) is 56.3 Å². The molecule has 110 valence electrons. The third kappa shape index (κ3) is 4.26. The number of aromatic nitrogens is 1. The van der Waals surface area contributed by atoms with E-state index in [1.807, 2.05) is 0 Å². The van der Waals surface area contributed by atoms with Crippen molar-refractivity contribution >= 4 is 28.3 Å². The maximum atomic E-state index is 11.9. The van der Waals surface area contributed by atoms with E-state index in [4.69, 9.17) is 9.47 Å². The number of quaternary nitrogens is 1. The third-order valence-electron chi connectivity index (χ3n) is 2.85. The van der Waals surface area contributed by atoms with Gasteiger partial charge in [-0.25, -0.2) is 9.78 Å². The number of rotatable bonds is 5. The molecule has 20 heavy (non-hydrogen) atoms. The summed E-state index contributed by atoms with van der Waals surface area (Å²) in [6.45, 7) is 5.46. The lowest BCUT2D eigenvalue weighted by Gasteiger charge is -2.22. The van der Waals surface area contributed by atoms with Gasteiger partial charge in [-0.05, 0) is 6.92 Å². The van der Waals surface area contributed by atoms with Gasteiger partial charge in [0.1, 0.15) is 13.1 Å². The molecule has 2 rings (SSSR count). The van der Waals surface area contributed by atoms with Gasteiger partial charge in [-0.1, -0.05) is 0 Å². The van der Waals surface area contributed by atoms with E-state index < -0.39 is 5.97 Å². The van der Waals surface area contributed by atoms with Crippen LogP contribution < -0.4 is 10.2 Å². The molecule has 1 aromatic heterocycles. The second-order valence-electron chi connectivity index (χ2n) is 4.35. The molecule has 1 aliphatic rings. The van der Waals surface area contributed by atoms with Gasteiger partial charge in [-0.15, -0.1) is 11.3 Å². The van der Waals surface area contributed by atoms with Crippen molar-refractivity contribution < 1.29 is 24.0 Å². The molecule has 2 N–H and O–H groups in total. The second kappa shape index (κ2) is 7.32. The molecule has 1 aliphatic heterocycles. The molecule has 2 heterocycles. The maximum Gasteiger partial charge on any atom is 0.357 e. The Balaban J connectivity index is 1.83. The summed E-state index contributed by atoms with van der Waals surface area (Å²) in [5.41, 5.74) is 0.228. The number of nitrogens with zero attached hydrogens (tertiary/aromatic N) is 1. The zero-order chi connectivity index (χ0) is 14.4. The molecule has 1 aromatic rings. The van der Waals surface area contributed by atoms with Crippen molar-refractivity contribution in [2.75, 3.05) is 44.8 Å². The molecule has 0 aliphatic carbocycles. The van der Waals surface area contributed by atoms with Gasteiger partial charge in [-0.2, -0.15) is 0 Å². The fraction of sp³-hybridized carbons (Fsp3) is 0.583. The van der Waals surface area contributed by atoms with Gasteiger partial charge in [-0.3, -0.25) is 10.1 Å². The predicted octanol–water partition coefficient (Wildman–Crippen LogP) is -0.827. The summed E-state index contributed by atoms with van der Waals surface area (Å²) in [5, 5.41) is 4.71. The molecule has 0 saturated carbocycles. The Morgan fingerprint density at radius 1 is 1.50 bits per heavy atom. The molecule has 0 unspecified atom stereocenters. The highest BCUT2D eigenvalue weighted by Crippen LogP contribution is 2.15. The maximum absolute atomic E-state index is 11.9. The van der Waals surface area contributed by atoms with Crippen LogP contribution in [0.4, 0.5) is 5.13 Å². The third-order valence-corrected chi connectivity index (χ3v) is 3.60. The largest absolute Gasteiger partial charge is 0.461 e. The fourth-order valence-electron chi connectivity index (χ4n) is 1.86. The van der Waals surface area contributed by atoms with Crippen LogP contribution >= 0.6 is 11.3 Å². The molecule has 1 fully saturated rings. The Hall–Kier alpha value is -1.51. The highest BCUT2D eigenvalue weighted by molar-refractivity contribution is 7.14. The molecule has 0 aromatic carbocycles. The number of hydrogen-bond acceptors (Lipinski definition) is 6. The molecule has 0 bridgehead atoms. The summed E-state index contributed by atoms with van der Waals surface area (Å²) in [5.74, 6) is -0.574. The molecule has 0 spiro atoms. The van der Waals surface area contributed by atoms with Crippen LogP contribution in [0.2, 0.25) is 0 Å². The Morgan fingerprint density at radius 2 is 2.25 bits per heavy atom. The van der Waals surface area contributed by atoms with E-state index in [1.54, 1.807) is 12.3 Å². The lowest BCUT2D eigenvalue weighted by atomic mass is 10.4. The lowest BCUT2D eigenvalue weighted by Crippen LogP contribution is -3.15. The number of thiazole rings is 1. The van der Waals surface area contributed by atoms with Gasteiger partial charge in [0, 0.05) is 5.38 Å². The van der Waals surface area contributed by atoms with Gasteiger partial charge in [0.25, 0.3) is 5.91 Å². The van der Waals surface area contributed by atoms with Crippen LogP contribution in [0.3, 0.4) is 0 Å². The van der Waals surface area contributed by atoms with Crippen LogP contribution in [-0.2, 0) is 14.3 Å². The van der Waals surface area contributed by atoms with Crippen LogP contribution in [0.5, 0.6) is 0 Å². The van der Waals surface area contributed by atoms with E-state index in [0.29, 0.717) is 31.5 Å². The van der Waals surface area contributed by atoms with Crippen molar-refractivity contribution in [2.45, 2.75) is 6.92 Å². The van der Waals surface area contributed by atoms with Crippen molar-refractivity contribution in [3.8, 4) is 0 Å². The molecule has 1 amide bonds. The minimum atomic E-state index is -0.469. The summed E-state index contributed by atoms with van der Waals surface area (Å²) in [7, 11) is 0. The minimum absolute atomic E-state index is 0.105. The first-order valence-corrected chi connectivity index (χ1v) is 7.41. The Bertz CT molecular complexity index is 471. The van der Waals surface area contributed by atoms with Crippen molar-refractivity contribution in [3.05, 3.63) is 11.1 Å². The fourth-order valence-corrected chi connectivity index (χ4v) is 2.55. The normalized spacial score (nSPS) is 15.8. The van der Waals surface area contributed by atoms with Crippen LogP contribution in [0.25, 0.3) is 0 Å². The van der Waals surface area contributed by atoms with Gasteiger partial charge in [0.2, 0.25) is 0 Å². The summed E-state index contributed by atoms with van der Waals surface area (Å²) in [6, 6.07) is 0. The Kier molecular flexibility index (Phi) is 5.45.